The monoisotopic (exact) mass is 744 g/mol. The van der Waals surface area contributed by atoms with Crippen LogP contribution < -0.4 is 4.90 Å². The van der Waals surface area contributed by atoms with E-state index in [0.717, 1.165) is 23.7 Å². The topological polar surface area (TPSA) is 8.17 Å². The summed E-state index contributed by atoms with van der Waals surface area (Å²) in [7, 11) is 0. The second-order valence-electron chi connectivity index (χ2n) is 17.7. The van der Waals surface area contributed by atoms with Crippen molar-refractivity contribution in [1.29, 1.82) is 0 Å². The van der Waals surface area contributed by atoms with E-state index in [1.807, 2.05) is 0 Å². The largest absolute Gasteiger partial charge is 0.310 e. The minimum atomic E-state index is 0.103. The van der Waals surface area contributed by atoms with E-state index in [4.69, 9.17) is 0 Å². The molecule has 0 unspecified atom stereocenters. The summed E-state index contributed by atoms with van der Waals surface area (Å²) in [6.45, 7) is 0. The van der Waals surface area contributed by atoms with E-state index in [0.29, 0.717) is 0 Å². The molecular formula is C56H44N2. The third-order valence-corrected chi connectivity index (χ3v) is 15.0. The molecule has 5 aliphatic carbocycles. The van der Waals surface area contributed by atoms with Gasteiger partial charge in [0.25, 0.3) is 0 Å². The summed E-state index contributed by atoms with van der Waals surface area (Å²) in [5, 5.41) is 5.09. The van der Waals surface area contributed by atoms with Crippen LogP contribution in [0, 0.1) is 23.7 Å². The Balaban J connectivity index is 1.02. The number of rotatable bonds is 5. The molecule has 4 fully saturated rings. The lowest BCUT2D eigenvalue weighted by Crippen LogP contribution is -2.55. The van der Waals surface area contributed by atoms with Gasteiger partial charge in [0.2, 0.25) is 0 Å². The van der Waals surface area contributed by atoms with Crippen LogP contribution in [0.15, 0.2) is 182 Å². The van der Waals surface area contributed by atoms with Gasteiger partial charge in [0.15, 0.2) is 0 Å². The second-order valence-corrected chi connectivity index (χ2v) is 17.7. The lowest BCUT2D eigenvalue weighted by molar-refractivity contribution is -0.0399. The van der Waals surface area contributed by atoms with Gasteiger partial charge in [-0.25, -0.2) is 0 Å². The van der Waals surface area contributed by atoms with E-state index in [-0.39, 0.29) is 5.41 Å². The molecule has 0 saturated heterocycles. The van der Waals surface area contributed by atoms with Crippen molar-refractivity contribution in [1.82, 2.24) is 4.57 Å². The average Bonchev–Trinajstić information content (AvgIpc) is 3.76. The highest BCUT2D eigenvalue weighted by Gasteiger charge is 2.61. The van der Waals surface area contributed by atoms with E-state index in [1.54, 1.807) is 11.1 Å². The Kier molecular flexibility index (Phi) is 6.94. The maximum absolute atomic E-state index is 2.63. The van der Waals surface area contributed by atoms with Crippen molar-refractivity contribution in [3.05, 3.63) is 193 Å². The number of benzene rings is 8. The first-order chi connectivity index (χ1) is 28.7. The van der Waals surface area contributed by atoms with Crippen LogP contribution in [0.4, 0.5) is 17.1 Å². The standard InChI is InChI=1S/C56H44N2/c1-2-13-42(14-3-1)58-54-20-9-7-17-50(54)51-34-44(26-28-55(51)58)57(43-23-21-39(22-24-43)47-18-10-12-38-11-4-5-15-46(38)47)45-25-27-49-48-16-6-8-19-52(48)56(53(49)35-45)40-30-36-29-37(32-40)33-41(56)31-36/h1-28,34-37,40-41H,29-33H2. The Hall–Kier alpha value is -6.38. The zero-order valence-electron chi connectivity index (χ0n) is 32.6. The van der Waals surface area contributed by atoms with Crippen molar-refractivity contribution in [3.63, 3.8) is 0 Å². The van der Waals surface area contributed by atoms with E-state index in [9.17, 15) is 0 Å². The second kappa shape index (κ2) is 12.3. The Labute approximate surface area is 340 Å². The number of nitrogens with zero attached hydrogens (tertiary/aromatic N) is 2. The third kappa shape index (κ3) is 4.55. The van der Waals surface area contributed by atoms with Crippen molar-refractivity contribution >= 4 is 49.6 Å². The highest BCUT2D eigenvalue weighted by molar-refractivity contribution is 6.11. The SMILES string of the molecule is c1ccc(-n2c3ccccc3c3cc(N(c4ccc(-c5cccc6ccccc56)cc4)c4ccc5c(c4)C4(c6ccccc6-5)C5CC6CC(C5)CC4C6)ccc32)cc1. The van der Waals surface area contributed by atoms with Gasteiger partial charge in [-0.15, -0.1) is 0 Å². The summed E-state index contributed by atoms with van der Waals surface area (Å²) >= 11 is 0. The number of fused-ring (bicyclic) bond motifs is 7. The zero-order valence-corrected chi connectivity index (χ0v) is 32.6. The van der Waals surface area contributed by atoms with Crippen LogP contribution in [0.1, 0.15) is 43.2 Å². The van der Waals surface area contributed by atoms with Crippen LogP contribution in [0.2, 0.25) is 0 Å². The minimum absolute atomic E-state index is 0.103. The van der Waals surface area contributed by atoms with Gasteiger partial charge in [0.05, 0.1) is 11.0 Å². The van der Waals surface area contributed by atoms with Crippen molar-refractivity contribution in [2.75, 3.05) is 4.90 Å². The highest BCUT2D eigenvalue weighted by Crippen LogP contribution is 2.69. The number of hydrogen-bond donors (Lipinski definition) is 0. The first kappa shape index (κ1) is 32.7. The van der Waals surface area contributed by atoms with Crippen LogP contribution in [0.3, 0.4) is 0 Å². The molecule has 0 aliphatic heterocycles. The van der Waals surface area contributed by atoms with E-state index >= 15 is 0 Å². The number of hydrogen-bond acceptors (Lipinski definition) is 1. The molecule has 4 bridgehead atoms. The fourth-order valence-corrected chi connectivity index (χ4v) is 12.9. The van der Waals surface area contributed by atoms with Gasteiger partial charge in [-0.1, -0.05) is 121 Å². The molecule has 2 heteroatoms. The predicted octanol–water partition coefficient (Wildman–Crippen LogP) is 14.8. The van der Waals surface area contributed by atoms with Gasteiger partial charge in [0.1, 0.15) is 0 Å². The number of para-hydroxylation sites is 2. The summed E-state index contributed by atoms with van der Waals surface area (Å²) in [6.07, 6.45) is 6.99. The smallest absolute Gasteiger partial charge is 0.0542 e. The summed E-state index contributed by atoms with van der Waals surface area (Å²) in [4.78, 5) is 2.54. The normalized spacial score (nSPS) is 22.6. The van der Waals surface area contributed by atoms with Gasteiger partial charge in [-0.2, -0.15) is 0 Å². The maximum Gasteiger partial charge on any atom is 0.0542 e. The van der Waals surface area contributed by atoms with Crippen molar-refractivity contribution in [3.8, 4) is 27.9 Å². The molecule has 0 N–H and O–H groups in total. The van der Waals surface area contributed by atoms with Gasteiger partial charge >= 0.3 is 0 Å². The quantitative estimate of drug-likeness (QED) is 0.170. The average molecular weight is 745 g/mol. The van der Waals surface area contributed by atoms with E-state index < -0.39 is 0 Å². The molecule has 278 valence electrons. The lowest BCUT2D eigenvalue weighted by atomic mass is 9.43. The Morgan fingerprint density at radius 1 is 0.414 bits per heavy atom. The van der Waals surface area contributed by atoms with Crippen LogP contribution in [-0.4, -0.2) is 4.57 Å². The molecule has 0 atom stereocenters. The van der Waals surface area contributed by atoms with Crippen LogP contribution in [-0.2, 0) is 5.41 Å². The number of aromatic nitrogens is 1. The van der Waals surface area contributed by atoms with Crippen molar-refractivity contribution in [2.45, 2.75) is 37.5 Å². The first-order valence-electron chi connectivity index (χ1n) is 21.4. The van der Waals surface area contributed by atoms with Gasteiger partial charge in [0, 0.05) is 38.9 Å². The van der Waals surface area contributed by atoms with Crippen LogP contribution in [0.25, 0.3) is 60.5 Å². The fourth-order valence-electron chi connectivity index (χ4n) is 12.9. The Morgan fingerprint density at radius 3 is 1.84 bits per heavy atom. The van der Waals surface area contributed by atoms with E-state index in [2.05, 4.69) is 191 Å². The first-order valence-corrected chi connectivity index (χ1v) is 21.4. The third-order valence-electron chi connectivity index (χ3n) is 15.0. The highest BCUT2D eigenvalue weighted by atomic mass is 15.1. The summed E-state index contributed by atoms with van der Waals surface area (Å²) in [5.41, 5.74) is 15.9. The van der Waals surface area contributed by atoms with Crippen molar-refractivity contribution < 1.29 is 0 Å². The molecule has 1 spiro atoms. The molecule has 1 aromatic heterocycles. The maximum atomic E-state index is 2.63. The van der Waals surface area contributed by atoms with Gasteiger partial charge < -0.3 is 9.47 Å². The molecule has 4 saturated carbocycles. The predicted molar refractivity (Wildman–Crippen MR) is 242 cm³/mol. The van der Waals surface area contributed by atoms with Crippen LogP contribution in [0.5, 0.6) is 0 Å². The summed E-state index contributed by atoms with van der Waals surface area (Å²) in [6, 6.07) is 68.5. The molecule has 5 aliphatic rings. The molecular weight excluding hydrogens is 701 g/mol. The van der Waals surface area contributed by atoms with Gasteiger partial charge in [-0.05, 0) is 161 Å². The molecule has 9 aromatic rings. The molecule has 1 heterocycles. The van der Waals surface area contributed by atoms with E-state index in [1.165, 1.54) is 110 Å². The molecule has 58 heavy (non-hydrogen) atoms. The summed E-state index contributed by atoms with van der Waals surface area (Å²) in [5.74, 6) is 3.26. The molecule has 8 aromatic carbocycles. The fraction of sp³-hybridized carbons (Fsp3) is 0.179. The molecule has 0 radical (unpaired) electrons. The molecule has 0 amide bonds. The van der Waals surface area contributed by atoms with Gasteiger partial charge in [-0.3, -0.25) is 0 Å². The minimum Gasteiger partial charge on any atom is -0.310 e. The van der Waals surface area contributed by atoms with Crippen LogP contribution >= 0.6 is 0 Å². The Morgan fingerprint density at radius 2 is 1.02 bits per heavy atom. The zero-order chi connectivity index (χ0) is 38.0. The molecule has 2 nitrogen and oxygen atoms in total. The number of anilines is 3. The Bertz CT molecular complexity index is 3040. The lowest BCUT2D eigenvalue weighted by Gasteiger charge is -2.61. The van der Waals surface area contributed by atoms with Crippen molar-refractivity contribution in [2.24, 2.45) is 23.7 Å². The summed E-state index contributed by atoms with van der Waals surface area (Å²) < 4.78 is 2.42. The molecule has 14 rings (SSSR count).